The van der Waals surface area contributed by atoms with Crippen molar-refractivity contribution in [1.29, 1.82) is 5.26 Å². The van der Waals surface area contributed by atoms with Crippen LogP contribution in [0.1, 0.15) is 0 Å². The quantitative estimate of drug-likeness (QED) is 0.634. The summed E-state index contributed by atoms with van der Waals surface area (Å²) in [6.45, 7) is 0. The van der Waals surface area contributed by atoms with Gasteiger partial charge in [-0.05, 0) is 0 Å². The van der Waals surface area contributed by atoms with Crippen LogP contribution in [-0.2, 0) is 0 Å². The number of rotatable bonds is 1. The molecule has 1 aromatic carbocycles. The van der Waals surface area contributed by atoms with Crippen LogP contribution in [0.3, 0.4) is 0 Å². The molecule has 0 bridgehead atoms. The van der Waals surface area contributed by atoms with Crippen molar-refractivity contribution in [3.05, 3.63) is 30.3 Å². The van der Waals surface area contributed by atoms with Crippen LogP contribution in [0.2, 0.25) is 0 Å². The molecular weight excluding hydrogens is 217 g/mol. The average molecular weight is 222 g/mol. The molecule has 0 aromatic heterocycles. The molecule has 0 heterocycles. The summed E-state index contributed by atoms with van der Waals surface area (Å²) in [6.07, 6.45) is 0. The summed E-state index contributed by atoms with van der Waals surface area (Å²) in [5.41, 5.74) is 0. The second-order valence-electron chi connectivity index (χ2n) is 1.60. The van der Waals surface area contributed by atoms with Crippen LogP contribution in [0.4, 0.5) is 0 Å². The maximum atomic E-state index is 8.35. The van der Waals surface area contributed by atoms with Crippen molar-refractivity contribution in [3.8, 4) is 4.09 Å². The Balaban J connectivity index is 2.76. The Hall–Kier alpha value is -0.491. The zero-order valence-corrected chi connectivity index (χ0v) is 7.69. The normalized spacial score (nSPS) is 8.33. The van der Waals surface area contributed by atoms with Gasteiger partial charge in [-0.2, -0.15) is 0 Å². The zero-order valence-electron chi connectivity index (χ0n) is 4.83. The molecule has 0 aliphatic rings. The molecule has 1 nitrogen and oxygen atoms in total. The topological polar surface area (TPSA) is 23.8 Å². The van der Waals surface area contributed by atoms with Crippen LogP contribution in [0, 0.1) is 9.35 Å². The number of benzene rings is 1. The third kappa shape index (κ3) is 2.06. The van der Waals surface area contributed by atoms with Gasteiger partial charge in [-0.1, -0.05) is 0 Å². The van der Waals surface area contributed by atoms with Crippen LogP contribution in [0.15, 0.2) is 30.3 Å². The van der Waals surface area contributed by atoms with Gasteiger partial charge in [-0.15, -0.1) is 0 Å². The first kappa shape index (κ1) is 6.63. The Morgan fingerprint density at radius 3 is 2.44 bits per heavy atom. The van der Waals surface area contributed by atoms with Crippen molar-refractivity contribution in [2.75, 3.05) is 0 Å². The van der Waals surface area contributed by atoms with Gasteiger partial charge in [0.25, 0.3) is 0 Å². The molecule has 2 radical (unpaired) electrons. The van der Waals surface area contributed by atoms with E-state index >= 15 is 0 Å². The SMILES string of the molecule is N#[C][Sn][c]1ccccc1. The van der Waals surface area contributed by atoms with Crippen LogP contribution in [0.25, 0.3) is 0 Å². The van der Waals surface area contributed by atoms with Crippen LogP contribution < -0.4 is 3.58 Å². The second kappa shape index (κ2) is 3.52. The Labute approximate surface area is 64.5 Å². The molecule has 0 aliphatic heterocycles. The molecule has 0 amide bonds. The predicted octanol–water partition coefficient (Wildman–Crippen LogP) is 0.497. The summed E-state index contributed by atoms with van der Waals surface area (Å²) in [5.74, 6) is 0. The molecule has 0 unspecified atom stereocenters. The summed E-state index contributed by atoms with van der Waals surface area (Å²) in [7, 11) is 0. The van der Waals surface area contributed by atoms with E-state index in [1.54, 1.807) is 0 Å². The predicted molar refractivity (Wildman–Crippen MR) is 37.4 cm³/mol. The molecule has 2 heteroatoms. The standard InChI is InChI=1S/C6H5.CN.Sn/c1-2-4-6-5-3-1;1-2;/h1-5H;;. The Bertz CT molecular complexity index is 212. The molecule has 1 aromatic rings. The van der Waals surface area contributed by atoms with E-state index in [4.69, 9.17) is 5.26 Å². The van der Waals surface area contributed by atoms with E-state index in [1.807, 2.05) is 30.3 Å². The summed E-state index contributed by atoms with van der Waals surface area (Å²) < 4.78 is 3.51. The summed E-state index contributed by atoms with van der Waals surface area (Å²) in [6, 6.07) is 9.98. The fraction of sp³-hybridized carbons (Fsp3) is 0. The van der Waals surface area contributed by atoms with Gasteiger partial charge >= 0.3 is 64.4 Å². The van der Waals surface area contributed by atoms with Crippen molar-refractivity contribution < 1.29 is 0 Å². The minimum atomic E-state index is -0.844. The van der Waals surface area contributed by atoms with Gasteiger partial charge < -0.3 is 0 Å². The van der Waals surface area contributed by atoms with E-state index in [9.17, 15) is 0 Å². The van der Waals surface area contributed by atoms with Gasteiger partial charge in [0.05, 0.1) is 0 Å². The van der Waals surface area contributed by atoms with Gasteiger partial charge in [0.1, 0.15) is 0 Å². The third-order valence-electron chi connectivity index (χ3n) is 0.974. The minimum absolute atomic E-state index is 0.844. The molecule has 0 aliphatic carbocycles. The van der Waals surface area contributed by atoms with E-state index in [2.05, 4.69) is 4.09 Å². The molecule has 42 valence electrons. The third-order valence-corrected chi connectivity index (χ3v) is 3.07. The monoisotopic (exact) mass is 223 g/mol. The molecular formula is C7H5NSn. The first-order chi connectivity index (χ1) is 4.43. The average Bonchev–Trinajstić information content (AvgIpc) is 1.91. The van der Waals surface area contributed by atoms with Crippen molar-refractivity contribution in [1.82, 2.24) is 0 Å². The van der Waals surface area contributed by atoms with Crippen molar-refractivity contribution >= 4 is 24.7 Å². The summed E-state index contributed by atoms with van der Waals surface area (Å²) in [5, 5.41) is 8.35. The number of hydrogen-bond donors (Lipinski definition) is 0. The molecule has 0 spiro atoms. The fourth-order valence-corrected chi connectivity index (χ4v) is 1.98. The van der Waals surface area contributed by atoms with Gasteiger partial charge in [-0.3, -0.25) is 0 Å². The van der Waals surface area contributed by atoms with E-state index in [0.717, 1.165) is 0 Å². The summed E-state index contributed by atoms with van der Waals surface area (Å²) in [4.78, 5) is 0. The molecule has 0 N–H and O–H groups in total. The van der Waals surface area contributed by atoms with Crippen LogP contribution in [-0.4, -0.2) is 21.1 Å². The Morgan fingerprint density at radius 2 is 1.89 bits per heavy atom. The van der Waals surface area contributed by atoms with E-state index in [-0.39, 0.29) is 0 Å². The van der Waals surface area contributed by atoms with Crippen LogP contribution in [0.5, 0.6) is 0 Å². The maximum absolute atomic E-state index is 8.35. The van der Waals surface area contributed by atoms with Crippen molar-refractivity contribution in [2.45, 2.75) is 0 Å². The van der Waals surface area contributed by atoms with Gasteiger partial charge in [0, 0.05) is 0 Å². The molecule has 0 saturated carbocycles. The van der Waals surface area contributed by atoms with E-state index in [1.165, 1.54) is 3.58 Å². The first-order valence-corrected chi connectivity index (χ1v) is 5.49. The van der Waals surface area contributed by atoms with Crippen molar-refractivity contribution in [2.24, 2.45) is 0 Å². The van der Waals surface area contributed by atoms with Gasteiger partial charge in [0.15, 0.2) is 0 Å². The molecule has 0 fully saturated rings. The number of hydrogen-bond acceptors (Lipinski definition) is 1. The molecule has 9 heavy (non-hydrogen) atoms. The molecule has 0 saturated heterocycles. The van der Waals surface area contributed by atoms with Crippen LogP contribution >= 0.6 is 0 Å². The van der Waals surface area contributed by atoms with Crippen molar-refractivity contribution in [3.63, 3.8) is 0 Å². The summed E-state index contributed by atoms with van der Waals surface area (Å²) >= 11 is -0.844. The molecule has 0 atom stereocenters. The Kier molecular flexibility index (Phi) is 2.59. The number of nitriles is 1. The van der Waals surface area contributed by atoms with E-state index < -0.39 is 21.1 Å². The second-order valence-corrected chi connectivity index (χ2v) is 4.60. The first-order valence-electron chi connectivity index (χ1n) is 2.63. The van der Waals surface area contributed by atoms with E-state index in [0.29, 0.717) is 0 Å². The zero-order chi connectivity index (χ0) is 6.53. The van der Waals surface area contributed by atoms with Gasteiger partial charge in [0.2, 0.25) is 0 Å². The number of nitrogens with zero attached hydrogens (tertiary/aromatic N) is 1. The fourth-order valence-electron chi connectivity index (χ4n) is 0.586. The molecule has 1 rings (SSSR count). The Morgan fingerprint density at radius 1 is 1.22 bits per heavy atom. The van der Waals surface area contributed by atoms with Gasteiger partial charge in [-0.25, -0.2) is 0 Å².